The van der Waals surface area contributed by atoms with E-state index in [4.69, 9.17) is 9.72 Å². The lowest BCUT2D eigenvalue weighted by Gasteiger charge is -2.33. The summed E-state index contributed by atoms with van der Waals surface area (Å²) >= 11 is 1.97. The van der Waals surface area contributed by atoms with E-state index in [2.05, 4.69) is 16.4 Å². The van der Waals surface area contributed by atoms with Gasteiger partial charge in [0.1, 0.15) is 17.7 Å². The topological polar surface area (TPSA) is 115 Å². The predicted octanol–water partition coefficient (Wildman–Crippen LogP) is 3.05. The van der Waals surface area contributed by atoms with Crippen molar-refractivity contribution in [1.29, 1.82) is 5.26 Å². The number of ether oxygens (including phenoxy) is 1. The Hall–Kier alpha value is -3.36. The summed E-state index contributed by atoms with van der Waals surface area (Å²) in [6.07, 6.45) is 6.15. The normalized spacial score (nSPS) is 19.4. The number of hydrogen-bond acceptors (Lipinski definition) is 8. The first kappa shape index (κ1) is 26.3. The molecule has 3 amide bonds. The van der Waals surface area contributed by atoms with E-state index in [1.807, 2.05) is 40.7 Å². The molecule has 200 valence electrons. The Morgan fingerprint density at radius 2 is 2.13 bits per heavy atom. The number of carbonyl (C=O) groups is 2. The minimum absolute atomic E-state index is 0.0836. The van der Waals surface area contributed by atoms with E-state index in [1.165, 1.54) is 18.4 Å². The van der Waals surface area contributed by atoms with Crippen LogP contribution in [0.15, 0.2) is 18.3 Å². The standard InChI is InChI=1S/C27H33N7O3S/c1-32-9-10-33(24(35)17-32)16-20-12-19-4-3-8-34(25(19)31-26(20)37-2)27(36)30-23-13-18(21(14-28)15-29-23)5-6-22-7-11-38-22/h12-13,15,22H,3-11,16-17H2,1-2H3,(H,29,30,36). The molecule has 1 N–H and O–H groups in total. The van der Waals surface area contributed by atoms with Crippen LogP contribution in [0, 0.1) is 11.3 Å². The molecular formula is C27H33N7O3S. The Bertz CT molecular complexity index is 1260. The molecule has 1 unspecified atom stereocenters. The van der Waals surface area contributed by atoms with Crippen LogP contribution in [-0.2, 0) is 24.2 Å². The fourth-order valence-corrected chi connectivity index (χ4v) is 5.95. The third kappa shape index (κ3) is 5.71. The van der Waals surface area contributed by atoms with Crippen LogP contribution in [0.4, 0.5) is 16.4 Å². The number of aryl methyl sites for hydroxylation is 2. The molecule has 1 atom stereocenters. The zero-order chi connectivity index (χ0) is 26.6. The zero-order valence-corrected chi connectivity index (χ0v) is 22.7. The van der Waals surface area contributed by atoms with Crippen molar-refractivity contribution < 1.29 is 14.3 Å². The molecule has 2 aromatic heterocycles. The van der Waals surface area contributed by atoms with Gasteiger partial charge in [-0.1, -0.05) is 0 Å². The maximum atomic E-state index is 13.4. The SMILES string of the molecule is COc1nc2c(cc1CN1CCN(C)CC1=O)CCCN2C(=O)Nc1cc(CCC2CCS2)c(C#N)cn1. The number of nitriles is 1. The summed E-state index contributed by atoms with van der Waals surface area (Å²) in [6, 6.07) is 5.73. The van der Waals surface area contributed by atoms with Crippen LogP contribution in [-0.4, -0.2) is 83.0 Å². The minimum atomic E-state index is -0.319. The van der Waals surface area contributed by atoms with Gasteiger partial charge in [-0.25, -0.2) is 9.78 Å². The largest absolute Gasteiger partial charge is 0.481 e. The fraction of sp³-hybridized carbons (Fsp3) is 0.519. The molecule has 0 radical (unpaired) electrons. The third-order valence-corrected chi connectivity index (χ3v) is 8.80. The lowest BCUT2D eigenvalue weighted by Crippen LogP contribution is -2.48. The number of nitrogens with zero attached hydrogens (tertiary/aromatic N) is 6. The molecule has 0 aromatic carbocycles. The van der Waals surface area contributed by atoms with Gasteiger partial charge >= 0.3 is 6.03 Å². The van der Waals surface area contributed by atoms with E-state index in [0.717, 1.165) is 48.9 Å². The minimum Gasteiger partial charge on any atom is -0.481 e. The molecule has 2 saturated heterocycles. The van der Waals surface area contributed by atoms with Gasteiger partial charge in [-0.15, -0.1) is 0 Å². The highest BCUT2D eigenvalue weighted by atomic mass is 32.2. The Balaban J connectivity index is 1.32. The number of pyridine rings is 2. The maximum absolute atomic E-state index is 13.4. The molecule has 3 aliphatic rings. The van der Waals surface area contributed by atoms with E-state index in [1.54, 1.807) is 12.0 Å². The number of urea groups is 1. The summed E-state index contributed by atoms with van der Waals surface area (Å²) in [5, 5.41) is 13.1. The number of aromatic nitrogens is 2. The highest BCUT2D eigenvalue weighted by Gasteiger charge is 2.29. The second-order valence-electron chi connectivity index (χ2n) is 10.0. The lowest BCUT2D eigenvalue weighted by atomic mass is 10.0. The molecule has 10 nitrogen and oxygen atoms in total. The Kier molecular flexibility index (Phi) is 8.00. The number of anilines is 2. The van der Waals surface area contributed by atoms with Crippen LogP contribution in [0.5, 0.6) is 5.88 Å². The molecule has 0 bridgehead atoms. The van der Waals surface area contributed by atoms with Crippen LogP contribution in [0.2, 0.25) is 0 Å². The van der Waals surface area contributed by atoms with Gasteiger partial charge < -0.3 is 9.64 Å². The summed E-state index contributed by atoms with van der Waals surface area (Å²) < 4.78 is 5.59. The van der Waals surface area contributed by atoms with Crippen LogP contribution >= 0.6 is 11.8 Å². The second kappa shape index (κ2) is 11.6. The first-order valence-electron chi connectivity index (χ1n) is 13.1. The Labute approximate surface area is 227 Å². The van der Waals surface area contributed by atoms with Crippen molar-refractivity contribution >= 4 is 35.3 Å². The van der Waals surface area contributed by atoms with Crippen molar-refractivity contribution in [2.75, 3.05) is 56.3 Å². The van der Waals surface area contributed by atoms with Gasteiger partial charge in [0.15, 0.2) is 0 Å². The molecule has 0 spiro atoms. The quantitative estimate of drug-likeness (QED) is 0.575. The van der Waals surface area contributed by atoms with Crippen molar-refractivity contribution in [1.82, 2.24) is 19.8 Å². The predicted molar refractivity (Wildman–Crippen MR) is 147 cm³/mol. The van der Waals surface area contributed by atoms with E-state index in [9.17, 15) is 14.9 Å². The Morgan fingerprint density at radius 3 is 2.84 bits per heavy atom. The van der Waals surface area contributed by atoms with Gasteiger partial charge in [0, 0.05) is 36.6 Å². The van der Waals surface area contributed by atoms with Crippen molar-refractivity contribution in [2.45, 2.75) is 43.9 Å². The molecule has 5 heterocycles. The highest BCUT2D eigenvalue weighted by molar-refractivity contribution is 8.01. The van der Waals surface area contributed by atoms with Crippen LogP contribution in [0.25, 0.3) is 0 Å². The molecule has 0 saturated carbocycles. The number of piperazine rings is 1. The third-order valence-electron chi connectivity index (χ3n) is 7.38. The summed E-state index contributed by atoms with van der Waals surface area (Å²) in [4.78, 5) is 40.4. The van der Waals surface area contributed by atoms with Gasteiger partial charge in [0.05, 0.1) is 25.8 Å². The summed E-state index contributed by atoms with van der Waals surface area (Å²) in [5.41, 5.74) is 3.25. The van der Waals surface area contributed by atoms with Gasteiger partial charge in [0.2, 0.25) is 11.8 Å². The maximum Gasteiger partial charge on any atom is 0.328 e. The van der Waals surface area contributed by atoms with Crippen molar-refractivity contribution in [3.05, 3.63) is 40.6 Å². The van der Waals surface area contributed by atoms with E-state index >= 15 is 0 Å². The molecule has 3 aliphatic heterocycles. The number of likely N-dealkylation sites (N-methyl/N-ethyl adjacent to an activating group) is 1. The lowest BCUT2D eigenvalue weighted by molar-refractivity contribution is -0.136. The van der Waals surface area contributed by atoms with Crippen LogP contribution in [0.1, 0.15) is 41.5 Å². The van der Waals surface area contributed by atoms with Gasteiger partial charge in [0.25, 0.3) is 0 Å². The smallest absolute Gasteiger partial charge is 0.328 e. The van der Waals surface area contributed by atoms with E-state index < -0.39 is 0 Å². The average molecular weight is 536 g/mol. The van der Waals surface area contributed by atoms with Crippen molar-refractivity contribution in [2.24, 2.45) is 0 Å². The number of thioether (sulfide) groups is 1. The highest BCUT2D eigenvalue weighted by Crippen LogP contribution is 2.33. The Morgan fingerprint density at radius 1 is 1.29 bits per heavy atom. The molecular weight excluding hydrogens is 502 g/mol. The fourth-order valence-electron chi connectivity index (χ4n) is 5.09. The van der Waals surface area contributed by atoms with Gasteiger partial charge in [-0.3, -0.25) is 19.9 Å². The van der Waals surface area contributed by atoms with E-state index in [0.29, 0.717) is 54.5 Å². The van der Waals surface area contributed by atoms with E-state index in [-0.39, 0.29) is 11.9 Å². The van der Waals surface area contributed by atoms with Crippen molar-refractivity contribution in [3.8, 4) is 11.9 Å². The molecule has 11 heteroatoms. The number of nitrogens with one attached hydrogen (secondary N) is 1. The molecule has 2 fully saturated rings. The van der Waals surface area contributed by atoms with Crippen LogP contribution < -0.4 is 15.0 Å². The number of fused-ring (bicyclic) bond motifs is 1. The first-order chi connectivity index (χ1) is 18.4. The molecule has 5 rings (SSSR count). The molecule has 0 aliphatic carbocycles. The number of amides is 3. The number of rotatable bonds is 7. The number of methoxy groups -OCH3 is 1. The second-order valence-corrected chi connectivity index (χ2v) is 11.4. The van der Waals surface area contributed by atoms with Gasteiger partial charge in [-0.05, 0) is 68.2 Å². The first-order valence-corrected chi connectivity index (χ1v) is 14.1. The van der Waals surface area contributed by atoms with Gasteiger partial charge in [-0.2, -0.15) is 22.0 Å². The molecule has 2 aromatic rings. The summed E-state index contributed by atoms with van der Waals surface area (Å²) in [6.45, 7) is 2.83. The van der Waals surface area contributed by atoms with Crippen LogP contribution in [0.3, 0.4) is 0 Å². The molecule has 38 heavy (non-hydrogen) atoms. The zero-order valence-electron chi connectivity index (χ0n) is 21.9. The number of carbonyl (C=O) groups excluding carboxylic acids is 2. The monoisotopic (exact) mass is 535 g/mol. The summed E-state index contributed by atoms with van der Waals surface area (Å²) in [5.74, 6) is 2.70. The van der Waals surface area contributed by atoms with Crippen molar-refractivity contribution in [3.63, 3.8) is 0 Å². The average Bonchev–Trinajstić information content (AvgIpc) is 2.88. The summed E-state index contributed by atoms with van der Waals surface area (Å²) in [7, 11) is 3.50. The number of hydrogen-bond donors (Lipinski definition) is 1.